The highest BCUT2D eigenvalue weighted by Gasteiger charge is 2.30. The van der Waals surface area contributed by atoms with Gasteiger partial charge in [0.1, 0.15) is 0 Å². The largest absolute Gasteiger partial charge is 0.322 e. The Hall–Kier alpha value is -1.09. The minimum atomic E-state index is 0.564. The fraction of sp³-hybridized carbons (Fsp3) is 0.562. The molecule has 3 heteroatoms. The Bertz CT molecular complexity index is 523. The number of imidazole rings is 1. The first-order valence-corrected chi connectivity index (χ1v) is 8.41. The lowest BCUT2D eigenvalue weighted by Gasteiger charge is -2.23. The number of aromatic nitrogens is 2. The van der Waals surface area contributed by atoms with E-state index in [1.807, 2.05) is 23.9 Å². The molecule has 3 heterocycles. The molecule has 0 spiro atoms. The summed E-state index contributed by atoms with van der Waals surface area (Å²) in [5, 5.41) is 2.23. The van der Waals surface area contributed by atoms with E-state index in [1.54, 1.807) is 4.88 Å². The predicted molar refractivity (Wildman–Crippen MR) is 79.5 cm³/mol. The van der Waals surface area contributed by atoms with Crippen molar-refractivity contribution in [3.63, 3.8) is 0 Å². The Morgan fingerprint density at radius 2 is 2.11 bits per heavy atom. The number of rotatable bonds is 3. The fourth-order valence-corrected chi connectivity index (χ4v) is 4.86. The average molecular weight is 272 g/mol. The molecule has 0 aromatic carbocycles. The van der Waals surface area contributed by atoms with Crippen molar-refractivity contribution in [3.8, 4) is 11.3 Å². The van der Waals surface area contributed by atoms with Crippen LogP contribution in [-0.2, 0) is 0 Å². The second-order valence-corrected chi connectivity index (χ2v) is 6.93. The van der Waals surface area contributed by atoms with E-state index in [9.17, 15) is 0 Å². The normalized spacial score (nSPS) is 22.4. The van der Waals surface area contributed by atoms with Crippen LogP contribution >= 0.6 is 11.3 Å². The summed E-state index contributed by atoms with van der Waals surface area (Å²) in [6.07, 6.45) is 14.0. The monoisotopic (exact) mass is 272 g/mol. The van der Waals surface area contributed by atoms with Gasteiger partial charge in [-0.05, 0) is 30.2 Å². The fourth-order valence-electron chi connectivity index (χ4n) is 3.82. The zero-order valence-corrected chi connectivity index (χ0v) is 12.0. The standard InChI is InChI=1S/C16H20N2S/c1-2-4-12(5-3-1)6-7-14-16-13(8-9-19-16)15-10-17-11-18(14)15/h8-12,14H,1-7H2/t14-/m0/s1. The summed E-state index contributed by atoms with van der Waals surface area (Å²) in [4.78, 5) is 5.90. The van der Waals surface area contributed by atoms with Crippen molar-refractivity contribution in [1.82, 2.24) is 9.55 Å². The Balaban J connectivity index is 1.52. The molecular weight excluding hydrogens is 252 g/mol. The van der Waals surface area contributed by atoms with E-state index in [-0.39, 0.29) is 0 Å². The van der Waals surface area contributed by atoms with Gasteiger partial charge in [-0.1, -0.05) is 32.1 Å². The highest BCUT2D eigenvalue weighted by atomic mass is 32.1. The smallest absolute Gasteiger partial charge is 0.0957 e. The Morgan fingerprint density at radius 3 is 3.00 bits per heavy atom. The van der Waals surface area contributed by atoms with Crippen LogP contribution in [0.4, 0.5) is 0 Å². The lowest BCUT2D eigenvalue weighted by molar-refractivity contribution is 0.319. The molecule has 1 atom stereocenters. The number of hydrogen-bond donors (Lipinski definition) is 0. The van der Waals surface area contributed by atoms with Gasteiger partial charge in [0.2, 0.25) is 0 Å². The molecule has 1 aliphatic heterocycles. The van der Waals surface area contributed by atoms with Gasteiger partial charge in [0.15, 0.2) is 0 Å². The molecule has 2 aromatic rings. The van der Waals surface area contributed by atoms with E-state index in [0.29, 0.717) is 6.04 Å². The summed E-state index contributed by atoms with van der Waals surface area (Å²) >= 11 is 1.92. The minimum Gasteiger partial charge on any atom is -0.322 e. The summed E-state index contributed by atoms with van der Waals surface area (Å²) in [5.41, 5.74) is 2.75. The van der Waals surface area contributed by atoms with Crippen LogP contribution in [0.5, 0.6) is 0 Å². The SMILES string of the molecule is c1cc2c(s1)[C@H](CCC1CCCCC1)n1cncc1-2. The topological polar surface area (TPSA) is 17.8 Å². The van der Waals surface area contributed by atoms with E-state index in [1.165, 1.54) is 56.2 Å². The van der Waals surface area contributed by atoms with Gasteiger partial charge in [-0.25, -0.2) is 4.98 Å². The first kappa shape index (κ1) is 11.7. The minimum absolute atomic E-state index is 0.564. The molecule has 0 N–H and O–H groups in total. The molecule has 0 unspecified atom stereocenters. The molecule has 2 aromatic heterocycles. The van der Waals surface area contributed by atoms with Crippen molar-refractivity contribution in [2.75, 3.05) is 0 Å². The Labute approximate surface area is 118 Å². The van der Waals surface area contributed by atoms with Gasteiger partial charge in [0.05, 0.1) is 24.3 Å². The van der Waals surface area contributed by atoms with Gasteiger partial charge >= 0.3 is 0 Å². The van der Waals surface area contributed by atoms with Crippen molar-refractivity contribution >= 4 is 11.3 Å². The molecule has 100 valence electrons. The Morgan fingerprint density at radius 1 is 1.21 bits per heavy atom. The predicted octanol–water partition coefficient (Wildman–Crippen LogP) is 4.87. The molecule has 0 radical (unpaired) electrons. The highest BCUT2D eigenvalue weighted by molar-refractivity contribution is 7.10. The van der Waals surface area contributed by atoms with Crippen LogP contribution in [0.3, 0.4) is 0 Å². The third-order valence-corrected chi connectivity index (χ3v) is 5.87. The summed E-state index contributed by atoms with van der Waals surface area (Å²) in [7, 11) is 0. The number of hydrogen-bond acceptors (Lipinski definition) is 2. The molecule has 1 fully saturated rings. The van der Waals surface area contributed by atoms with Crippen LogP contribution in [0, 0.1) is 5.92 Å². The molecule has 0 saturated heterocycles. The first-order chi connectivity index (χ1) is 9.43. The quantitative estimate of drug-likeness (QED) is 0.779. The van der Waals surface area contributed by atoms with Crippen LogP contribution in [0.2, 0.25) is 0 Å². The second-order valence-electron chi connectivity index (χ2n) is 5.98. The summed E-state index contributed by atoms with van der Waals surface area (Å²) in [6.45, 7) is 0. The zero-order valence-electron chi connectivity index (χ0n) is 11.2. The van der Waals surface area contributed by atoms with E-state index in [0.717, 1.165) is 5.92 Å². The number of nitrogens with zero attached hydrogens (tertiary/aromatic N) is 2. The van der Waals surface area contributed by atoms with Crippen LogP contribution in [0.25, 0.3) is 11.3 Å². The van der Waals surface area contributed by atoms with Crippen LogP contribution in [-0.4, -0.2) is 9.55 Å². The summed E-state index contributed by atoms with van der Waals surface area (Å²) in [5.74, 6) is 0.977. The molecule has 4 rings (SSSR count). The van der Waals surface area contributed by atoms with E-state index >= 15 is 0 Å². The van der Waals surface area contributed by atoms with E-state index in [4.69, 9.17) is 0 Å². The maximum absolute atomic E-state index is 4.33. The van der Waals surface area contributed by atoms with Crippen molar-refractivity contribution in [2.24, 2.45) is 5.92 Å². The molecule has 1 saturated carbocycles. The molecule has 2 aliphatic rings. The first-order valence-electron chi connectivity index (χ1n) is 7.53. The summed E-state index contributed by atoms with van der Waals surface area (Å²) in [6, 6.07) is 2.82. The third kappa shape index (κ3) is 1.95. The number of thiophene rings is 1. The zero-order chi connectivity index (χ0) is 12.7. The lowest BCUT2D eigenvalue weighted by atomic mass is 9.85. The number of fused-ring (bicyclic) bond motifs is 3. The lowest BCUT2D eigenvalue weighted by Crippen LogP contribution is -2.10. The molecular formula is C16H20N2S. The van der Waals surface area contributed by atoms with Crippen molar-refractivity contribution < 1.29 is 0 Å². The Kier molecular flexibility index (Phi) is 2.95. The van der Waals surface area contributed by atoms with Gasteiger partial charge < -0.3 is 4.57 Å². The van der Waals surface area contributed by atoms with Gasteiger partial charge in [-0.15, -0.1) is 11.3 Å². The summed E-state index contributed by atoms with van der Waals surface area (Å²) < 4.78 is 2.39. The van der Waals surface area contributed by atoms with Crippen LogP contribution in [0.15, 0.2) is 24.0 Å². The third-order valence-electron chi connectivity index (χ3n) is 4.85. The molecule has 0 amide bonds. The van der Waals surface area contributed by atoms with Crippen molar-refractivity contribution in [3.05, 3.63) is 28.8 Å². The van der Waals surface area contributed by atoms with Crippen molar-refractivity contribution in [1.29, 1.82) is 0 Å². The molecule has 2 nitrogen and oxygen atoms in total. The van der Waals surface area contributed by atoms with Crippen LogP contribution < -0.4 is 0 Å². The van der Waals surface area contributed by atoms with Gasteiger partial charge in [0, 0.05) is 10.4 Å². The van der Waals surface area contributed by atoms with E-state index < -0.39 is 0 Å². The molecule has 1 aliphatic carbocycles. The van der Waals surface area contributed by atoms with Gasteiger partial charge in [0.25, 0.3) is 0 Å². The average Bonchev–Trinajstić information content (AvgIpc) is 3.11. The highest BCUT2D eigenvalue weighted by Crippen LogP contribution is 2.45. The molecule has 0 bridgehead atoms. The molecule has 19 heavy (non-hydrogen) atoms. The van der Waals surface area contributed by atoms with Crippen molar-refractivity contribution in [2.45, 2.75) is 51.0 Å². The maximum Gasteiger partial charge on any atom is 0.0957 e. The second kappa shape index (κ2) is 4.78. The van der Waals surface area contributed by atoms with Gasteiger partial charge in [-0.3, -0.25) is 0 Å². The van der Waals surface area contributed by atoms with Gasteiger partial charge in [-0.2, -0.15) is 0 Å². The van der Waals surface area contributed by atoms with E-state index in [2.05, 4.69) is 21.0 Å². The maximum atomic E-state index is 4.33. The van der Waals surface area contributed by atoms with Crippen LogP contribution in [0.1, 0.15) is 55.9 Å².